The van der Waals surface area contributed by atoms with Crippen LogP contribution in [-0.2, 0) is 11.3 Å². The monoisotopic (exact) mass is 336 g/mol. The van der Waals surface area contributed by atoms with E-state index in [1.165, 1.54) is 0 Å². The first-order chi connectivity index (χ1) is 11.1. The van der Waals surface area contributed by atoms with Crippen LogP contribution in [0.4, 0.5) is 9.59 Å². The summed E-state index contributed by atoms with van der Waals surface area (Å²) >= 11 is 0. The van der Waals surface area contributed by atoms with Gasteiger partial charge in [0.2, 0.25) is 0 Å². The molecular formula is C17H24N2O5. The highest BCUT2D eigenvalue weighted by molar-refractivity contribution is 5.69. The fourth-order valence-corrected chi connectivity index (χ4v) is 2.81. The van der Waals surface area contributed by atoms with Crippen LogP contribution in [-0.4, -0.2) is 52.0 Å². The molecule has 132 valence electrons. The average molecular weight is 336 g/mol. The number of amides is 2. The van der Waals surface area contributed by atoms with Gasteiger partial charge < -0.3 is 25.2 Å². The molecule has 0 bridgehead atoms. The summed E-state index contributed by atoms with van der Waals surface area (Å²) < 4.78 is 5.16. The Hall–Kier alpha value is -2.28. The highest BCUT2D eigenvalue weighted by Gasteiger charge is 2.54. The van der Waals surface area contributed by atoms with Gasteiger partial charge >= 0.3 is 12.2 Å². The van der Waals surface area contributed by atoms with E-state index in [2.05, 4.69) is 5.32 Å². The van der Waals surface area contributed by atoms with Crippen molar-refractivity contribution in [3.05, 3.63) is 35.9 Å². The van der Waals surface area contributed by atoms with Gasteiger partial charge in [-0.3, -0.25) is 0 Å². The van der Waals surface area contributed by atoms with Gasteiger partial charge in [-0.25, -0.2) is 9.59 Å². The smallest absolute Gasteiger partial charge is 0.407 e. The lowest BCUT2D eigenvalue weighted by Crippen LogP contribution is -2.59. The number of hydrogen-bond donors (Lipinski definition) is 3. The number of carbonyl (C=O) groups excluding carboxylic acids is 1. The molecule has 3 N–H and O–H groups in total. The van der Waals surface area contributed by atoms with Crippen LogP contribution in [0.3, 0.4) is 0 Å². The van der Waals surface area contributed by atoms with Gasteiger partial charge in [0.15, 0.2) is 0 Å². The largest absolute Gasteiger partial charge is 0.465 e. The van der Waals surface area contributed by atoms with Gasteiger partial charge in [0, 0.05) is 6.54 Å². The second-order valence-corrected chi connectivity index (χ2v) is 7.10. The number of carbonyl (C=O) groups is 2. The van der Waals surface area contributed by atoms with Crippen molar-refractivity contribution in [2.24, 2.45) is 5.41 Å². The SMILES string of the molecule is CC(C)(C)[C@@]1(O)CN(C(=O)O)C[C@@H]1NC(=O)OCc1ccccc1. The fourth-order valence-electron chi connectivity index (χ4n) is 2.81. The highest BCUT2D eigenvalue weighted by atomic mass is 16.5. The van der Waals surface area contributed by atoms with Gasteiger partial charge in [-0.1, -0.05) is 51.1 Å². The van der Waals surface area contributed by atoms with E-state index in [4.69, 9.17) is 4.74 Å². The van der Waals surface area contributed by atoms with Gasteiger partial charge in [-0.15, -0.1) is 0 Å². The number of nitrogens with zero attached hydrogens (tertiary/aromatic N) is 1. The van der Waals surface area contributed by atoms with Crippen molar-refractivity contribution in [1.82, 2.24) is 10.2 Å². The molecule has 2 amide bonds. The first kappa shape index (κ1) is 18.1. The summed E-state index contributed by atoms with van der Waals surface area (Å²) in [4.78, 5) is 24.4. The molecule has 1 saturated heterocycles. The van der Waals surface area contributed by atoms with Crippen LogP contribution in [0.1, 0.15) is 26.3 Å². The maximum Gasteiger partial charge on any atom is 0.407 e. The number of aliphatic hydroxyl groups is 1. The van der Waals surface area contributed by atoms with E-state index in [1.807, 2.05) is 51.1 Å². The molecule has 1 aromatic rings. The van der Waals surface area contributed by atoms with Crippen molar-refractivity contribution in [3.8, 4) is 0 Å². The number of benzene rings is 1. The summed E-state index contributed by atoms with van der Waals surface area (Å²) in [6.07, 6.45) is -1.81. The first-order valence-electron chi connectivity index (χ1n) is 7.81. The molecular weight excluding hydrogens is 312 g/mol. The van der Waals surface area contributed by atoms with Gasteiger partial charge in [-0.05, 0) is 11.0 Å². The van der Waals surface area contributed by atoms with Gasteiger partial charge in [0.1, 0.15) is 12.2 Å². The molecule has 1 fully saturated rings. The van der Waals surface area contributed by atoms with Crippen LogP contribution in [0.5, 0.6) is 0 Å². The quantitative estimate of drug-likeness (QED) is 0.784. The molecule has 0 aromatic heterocycles. The Balaban J connectivity index is 2.02. The molecule has 1 aliphatic heterocycles. The third-order valence-corrected chi connectivity index (χ3v) is 4.49. The van der Waals surface area contributed by atoms with E-state index in [0.717, 1.165) is 10.5 Å². The lowest BCUT2D eigenvalue weighted by atomic mass is 9.73. The van der Waals surface area contributed by atoms with E-state index in [0.29, 0.717) is 0 Å². The third-order valence-electron chi connectivity index (χ3n) is 4.49. The molecule has 1 aliphatic rings. The van der Waals surface area contributed by atoms with Crippen LogP contribution in [0.15, 0.2) is 30.3 Å². The molecule has 0 unspecified atom stereocenters. The van der Waals surface area contributed by atoms with Crippen LogP contribution in [0.2, 0.25) is 0 Å². The van der Waals surface area contributed by atoms with E-state index >= 15 is 0 Å². The Kier molecular flexibility index (Phi) is 5.03. The van der Waals surface area contributed by atoms with Crippen LogP contribution >= 0.6 is 0 Å². The number of ether oxygens (including phenoxy) is 1. The van der Waals surface area contributed by atoms with Crippen molar-refractivity contribution in [2.75, 3.05) is 13.1 Å². The predicted molar refractivity (Wildman–Crippen MR) is 87.6 cm³/mol. The molecule has 2 atom stereocenters. The van der Waals surface area contributed by atoms with Gasteiger partial charge in [-0.2, -0.15) is 0 Å². The van der Waals surface area contributed by atoms with Crippen LogP contribution in [0, 0.1) is 5.41 Å². The molecule has 0 spiro atoms. The summed E-state index contributed by atoms with van der Waals surface area (Å²) in [6, 6.07) is 8.48. The molecule has 0 aliphatic carbocycles. The van der Waals surface area contributed by atoms with Crippen LogP contribution < -0.4 is 5.32 Å². The Morgan fingerprint density at radius 2 is 1.96 bits per heavy atom. The summed E-state index contributed by atoms with van der Waals surface area (Å²) in [5.41, 5.74) is -1.15. The minimum atomic E-state index is -1.38. The number of rotatable bonds is 3. The average Bonchev–Trinajstić information content (AvgIpc) is 2.85. The zero-order chi connectivity index (χ0) is 18.0. The Labute approximate surface area is 141 Å². The molecule has 0 saturated carbocycles. The molecule has 0 radical (unpaired) electrons. The second-order valence-electron chi connectivity index (χ2n) is 7.10. The maximum atomic E-state index is 12.1. The van der Waals surface area contributed by atoms with Crippen molar-refractivity contribution < 1.29 is 24.5 Å². The third kappa shape index (κ3) is 3.79. The summed E-state index contributed by atoms with van der Waals surface area (Å²) in [7, 11) is 0. The minimum absolute atomic E-state index is 0.0174. The van der Waals surface area contributed by atoms with Crippen molar-refractivity contribution in [1.29, 1.82) is 0 Å². The molecule has 1 aromatic carbocycles. The lowest BCUT2D eigenvalue weighted by molar-refractivity contribution is -0.0636. The predicted octanol–water partition coefficient (Wildman–Crippen LogP) is 2.05. The number of β-amino-alcohol motifs (C(OH)–C–C–N with tert-alkyl or cyclic N) is 1. The first-order valence-corrected chi connectivity index (χ1v) is 7.81. The van der Waals surface area contributed by atoms with E-state index in [1.54, 1.807) is 0 Å². The topological polar surface area (TPSA) is 99.1 Å². The summed E-state index contributed by atoms with van der Waals surface area (Å²) in [5, 5.41) is 22.8. The standard InChI is InChI=1S/C17H24N2O5/c1-16(2,3)17(23)11-19(15(21)22)9-13(17)18-14(20)24-10-12-7-5-4-6-8-12/h4-8,13,23H,9-11H2,1-3H3,(H,18,20)(H,21,22)/t13-,17+/m0/s1. The molecule has 1 heterocycles. The number of carboxylic acid groups (broad SMARTS) is 1. The second kappa shape index (κ2) is 6.68. The summed E-state index contributed by atoms with van der Waals surface area (Å²) in [5.74, 6) is 0. The number of likely N-dealkylation sites (tertiary alicyclic amines) is 1. The minimum Gasteiger partial charge on any atom is -0.465 e. The fraction of sp³-hybridized carbons (Fsp3) is 0.529. The van der Waals surface area contributed by atoms with E-state index in [-0.39, 0.29) is 19.7 Å². The van der Waals surface area contributed by atoms with Gasteiger partial charge in [0.05, 0.1) is 12.6 Å². The zero-order valence-corrected chi connectivity index (χ0v) is 14.2. The van der Waals surface area contributed by atoms with Crippen molar-refractivity contribution in [2.45, 2.75) is 39.0 Å². The zero-order valence-electron chi connectivity index (χ0n) is 14.2. The van der Waals surface area contributed by atoms with Crippen LogP contribution in [0.25, 0.3) is 0 Å². The molecule has 7 heteroatoms. The Morgan fingerprint density at radius 3 is 2.50 bits per heavy atom. The Morgan fingerprint density at radius 1 is 1.33 bits per heavy atom. The molecule has 7 nitrogen and oxygen atoms in total. The Bertz CT molecular complexity index is 599. The molecule has 2 rings (SSSR count). The highest BCUT2D eigenvalue weighted by Crippen LogP contribution is 2.38. The normalized spacial score (nSPS) is 23.8. The lowest BCUT2D eigenvalue weighted by Gasteiger charge is -2.40. The molecule has 24 heavy (non-hydrogen) atoms. The van der Waals surface area contributed by atoms with Gasteiger partial charge in [0.25, 0.3) is 0 Å². The van der Waals surface area contributed by atoms with E-state index in [9.17, 15) is 19.8 Å². The van der Waals surface area contributed by atoms with E-state index < -0.39 is 29.2 Å². The summed E-state index contributed by atoms with van der Waals surface area (Å²) in [6.45, 7) is 5.49. The maximum absolute atomic E-state index is 12.1. The number of alkyl carbamates (subject to hydrolysis) is 1. The number of nitrogens with one attached hydrogen (secondary N) is 1. The van der Waals surface area contributed by atoms with Crippen molar-refractivity contribution in [3.63, 3.8) is 0 Å². The van der Waals surface area contributed by atoms with Crippen molar-refractivity contribution >= 4 is 12.2 Å². The number of hydrogen-bond acceptors (Lipinski definition) is 4.